The van der Waals surface area contributed by atoms with E-state index < -0.39 is 53.3 Å². The van der Waals surface area contributed by atoms with Gasteiger partial charge in [0.15, 0.2) is 5.78 Å². The standard InChI is InChI=1S/C31H33N5O5/c1-19-27(31(41)36(33)30(19)40)29(39)28(23-9-5-6-10-23)35-26(38)17-24(22-7-3-2-4-8-22)34-25(37)16-15-20-11-13-21(18-32)14-12-20/h2-4,7-8,11-16,19,23-24,27-28H,5-6,9-10,17,33H2,1H3,(H,34,37)(H,35,38)/b16-15+/t19-,24-,27+,28-/m0/s1. The molecule has 41 heavy (non-hydrogen) atoms. The lowest BCUT2D eigenvalue weighted by Gasteiger charge is -2.27. The fourth-order valence-electron chi connectivity index (χ4n) is 5.52. The van der Waals surface area contributed by atoms with E-state index in [9.17, 15) is 24.0 Å². The number of imide groups is 1. The summed E-state index contributed by atoms with van der Waals surface area (Å²) in [7, 11) is 0. The molecule has 4 rings (SSSR count). The van der Waals surface area contributed by atoms with E-state index in [-0.39, 0.29) is 12.3 Å². The molecule has 212 valence electrons. The van der Waals surface area contributed by atoms with Crippen molar-refractivity contribution in [3.8, 4) is 6.07 Å². The molecule has 0 unspecified atom stereocenters. The van der Waals surface area contributed by atoms with E-state index in [1.807, 2.05) is 12.1 Å². The van der Waals surface area contributed by atoms with Crippen molar-refractivity contribution in [3.63, 3.8) is 0 Å². The number of ketones is 1. The number of nitrogens with zero attached hydrogens (tertiary/aromatic N) is 2. The maximum atomic E-state index is 13.6. The molecule has 1 aliphatic carbocycles. The van der Waals surface area contributed by atoms with Crippen LogP contribution in [0.15, 0.2) is 60.7 Å². The zero-order valence-corrected chi connectivity index (χ0v) is 22.8. The summed E-state index contributed by atoms with van der Waals surface area (Å²) in [6.07, 6.45) is 6.03. The molecule has 1 heterocycles. The van der Waals surface area contributed by atoms with E-state index in [4.69, 9.17) is 11.1 Å². The Balaban J connectivity index is 1.49. The monoisotopic (exact) mass is 555 g/mol. The fraction of sp³-hybridized carbons (Fsp3) is 0.355. The summed E-state index contributed by atoms with van der Waals surface area (Å²) in [6, 6.07) is 16.2. The summed E-state index contributed by atoms with van der Waals surface area (Å²) < 4.78 is 0. The third-order valence-corrected chi connectivity index (χ3v) is 7.81. The molecule has 2 fully saturated rings. The summed E-state index contributed by atoms with van der Waals surface area (Å²) in [6.45, 7) is 1.50. The normalized spacial score (nSPS) is 20.6. The Hall–Kier alpha value is -4.62. The van der Waals surface area contributed by atoms with E-state index in [0.29, 0.717) is 29.0 Å². The number of nitrogens with two attached hydrogens (primary N) is 1. The van der Waals surface area contributed by atoms with E-state index in [1.54, 1.807) is 54.6 Å². The quantitative estimate of drug-likeness (QED) is 0.133. The van der Waals surface area contributed by atoms with E-state index in [2.05, 4.69) is 10.6 Å². The maximum Gasteiger partial charge on any atom is 0.255 e. The van der Waals surface area contributed by atoms with Gasteiger partial charge in [0.25, 0.3) is 5.91 Å². The number of Topliss-reactive ketones (excluding diaryl/α,β-unsaturated/α-hetero) is 1. The fourth-order valence-corrected chi connectivity index (χ4v) is 5.52. The molecule has 0 bridgehead atoms. The molecular weight excluding hydrogens is 522 g/mol. The number of nitriles is 1. The van der Waals surface area contributed by atoms with Gasteiger partial charge < -0.3 is 10.6 Å². The Bertz CT molecular complexity index is 1380. The average molecular weight is 556 g/mol. The van der Waals surface area contributed by atoms with Gasteiger partial charge in [-0.2, -0.15) is 5.26 Å². The topological polar surface area (TPSA) is 162 Å². The first kappa shape index (κ1) is 29.4. The second kappa shape index (κ2) is 13.2. The number of hydrogen-bond donors (Lipinski definition) is 3. The van der Waals surface area contributed by atoms with Crippen LogP contribution in [0.5, 0.6) is 0 Å². The van der Waals surface area contributed by atoms with Gasteiger partial charge in [-0.15, -0.1) is 0 Å². The average Bonchev–Trinajstić information content (AvgIpc) is 3.58. The van der Waals surface area contributed by atoms with Gasteiger partial charge >= 0.3 is 0 Å². The van der Waals surface area contributed by atoms with Gasteiger partial charge in [0.1, 0.15) is 5.92 Å². The van der Waals surface area contributed by atoms with Gasteiger partial charge in [-0.1, -0.05) is 62.2 Å². The van der Waals surface area contributed by atoms with Crippen LogP contribution in [-0.2, 0) is 24.0 Å². The first-order valence-electron chi connectivity index (χ1n) is 13.7. The third kappa shape index (κ3) is 6.94. The summed E-state index contributed by atoms with van der Waals surface area (Å²) in [4.78, 5) is 64.7. The van der Waals surface area contributed by atoms with Crippen LogP contribution in [0.1, 0.15) is 61.8 Å². The van der Waals surface area contributed by atoms with Gasteiger partial charge in [0, 0.05) is 6.08 Å². The lowest BCUT2D eigenvalue weighted by molar-refractivity contribution is -0.142. The molecule has 4 atom stereocenters. The van der Waals surface area contributed by atoms with Crippen molar-refractivity contribution in [3.05, 3.63) is 77.4 Å². The zero-order chi connectivity index (χ0) is 29.5. The Morgan fingerprint density at radius 2 is 1.68 bits per heavy atom. The second-order valence-corrected chi connectivity index (χ2v) is 10.5. The van der Waals surface area contributed by atoms with Crippen molar-refractivity contribution in [1.82, 2.24) is 15.6 Å². The first-order chi connectivity index (χ1) is 19.7. The van der Waals surface area contributed by atoms with Gasteiger partial charge in [0.05, 0.1) is 36.1 Å². The minimum Gasteiger partial charge on any atom is -0.346 e. The Morgan fingerprint density at radius 3 is 2.27 bits per heavy atom. The molecule has 2 aromatic carbocycles. The van der Waals surface area contributed by atoms with Crippen LogP contribution < -0.4 is 16.5 Å². The van der Waals surface area contributed by atoms with Gasteiger partial charge in [-0.25, -0.2) is 10.9 Å². The van der Waals surface area contributed by atoms with Crippen molar-refractivity contribution in [1.29, 1.82) is 5.26 Å². The van der Waals surface area contributed by atoms with E-state index >= 15 is 0 Å². The van der Waals surface area contributed by atoms with Crippen LogP contribution >= 0.6 is 0 Å². The number of carbonyl (C=O) groups excluding carboxylic acids is 5. The number of carbonyl (C=O) groups is 5. The zero-order valence-electron chi connectivity index (χ0n) is 22.8. The molecule has 10 nitrogen and oxygen atoms in total. The van der Waals surface area contributed by atoms with Crippen molar-refractivity contribution in [2.45, 2.75) is 51.1 Å². The highest BCUT2D eigenvalue weighted by atomic mass is 16.2. The predicted octanol–water partition coefficient (Wildman–Crippen LogP) is 2.56. The largest absolute Gasteiger partial charge is 0.346 e. The summed E-state index contributed by atoms with van der Waals surface area (Å²) >= 11 is 0. The molecule has 4 amide bonds. The molecule has 2 aliphatic rings. The molecular formula is C31H33N5O5. The summed E-state index contributed by atoms with van der Waals surface area (Å²) in [5.74, 6) is 0.512. The SMILES string of the molecule is C[C@@H]1C(=O)N(N)C(=O)[C@H]1C(=O)[C@@H](NC(=O)C[C@H](NC(=O)/C=C/c1ccc(C#N)cc1)c1ccccc1)C1CCCC1. The van der Waals surface area contributed by atoms with Crippen LogP contribution in [-0.4, -0.2) is 40.5 Å². The van der Waals surface area contributed by atoms with Crippen molar-refractivity contribution >= 4 is 35.5 Å². The van der Waals surface area contributed by atoms with Crippen LogP contribution in [0, 0.1) is 29.1 Å². The van der Waals surface area contributed by atoms with Crippen LogP contribution in [0.3, 0.4) is 0 Å². The number of amides is 4. The van der Waals surface area contributed by atoms with Crippen LogP contribution in [0.25, 0.3) is 6.08 Å². The van der Waals surface area contributed by atoms with E-state index in [1.165, 1.54) is 13.0 Å². The van der Waals surface area contributed by atoms with Gasteiger partial charge in [0.2, 0.25) is 17.7 Å². The number of hydrazine groups is 1. The van der Waals surface area contributed by atoms with Gasteiger partial charge in [-0.3, -0.25) is 24.0 Å². The van der Waals surface area contributed by atoms with Crippen LogP contribution in [0.2, 0.25) is 0 Å². The Kier molecular flexibility index (Phi) is 9.42. The van der Waals surface area contributed by atoms with Crippen molar-refractivity contribution < 1.29 is 24.0 Å². The predicted molar refractivity (Wildman–Crippen MR) is 150 cm³/mol. The molecule has 4 N–H and O–H groups in total. The lowest BCUT2D eigenvalue weighted by Crippen LogP contribution is -2.50. The smallest absolute Gasteiger partial charge is 0.255 e. The first-order valence-corrected chi connectivity index (χ1v) is 13.7. The van der Waals surface area contributed by atoms with Crippen LogP contribution in [0.4, 0.5) is 0 Å². The minimum atomic E-state index is -1.24. The molecule has 10 heteroatoms. The summed E-state index contributed by atoms with van der Waals surface area (Å²) in [5, 5.41) is 15.2. The second-order valence-electron chi connectivity index (χ2n) is 10.5. The molecule has 1 saturated carbocycles. The molecule has 2 aromatic rings. The molecule has 1 aliphatic heterocycles. The highest BCUT2D eigenvalue weighted by Gasteiger charge is 2.51. The number of hydrogen-bond acceptors (Lipinski definition) is 7. The van der Waals surface area contributed by atoms with Gasteiger partial charge in [-0.05, 0) is 48.1 Å². The van der Waals surface area contributed by atoms with Crippen molar-refractivity contribution in [2.24, 2.45) is 23.6 Å². The molecule has 0 aromatic heterocycles. The third-order valence-electron chi connectivity index (χ3n) is 7.81. The number of rotatable bonds is 10. The maximum absolute atomic E-state index is 13.6. The number of nitrogens with one attached hydrogen (secondary N) is 2. The molecule has 0 radical (unpaired) electrons. The van der Waals surface area contributed by atoms with E-state index in [0.717, 1.165) is 18.4 Å². The lowest BCUT2D eigenvalue weighted by atomic mass is 9.83. The highest BCUT2D eigenvalue weighted by Crippen LogP contribution is 2.33. The Labute approximate surface area is 238 Å². The number of benzene rings is 2. The van der Waals surface area contributed by atoms with Crippen molar-refractivity contribution in [2.75, 3.05) is 0 Å². The summed E-state index contributed by atoms with van der Waals surface area (Å²) in [5.41, 5.74) is 1.95. The highest BCUT2D eigenvalue weighted by molar-refractivity contribution is 6.16. The Morgan fingerprint density at radius 1 is 1.02 bits per heavy atom. The minimum absolute atomic E-state index is 0.146. The molecule has 1 saturated heterocycles. The molecule has 0 spiro atoms.